The first-order chi connectivity index (χ1) is 8.17. The predicted molar refractivity (Wildman–Crippen MR) is 65.8 cm³/mol. The lowest BCUT2D eigenvalue weighted by atomic mass is 10.2. The van der Waals surface area contributed by atoms with Gasteiger partial charge in [-0.15, -0.1) is 0 Å². The fourth-order valence-electron chi connectivity index (χ4n) is 1.71. The molecule has 1 rings (SSSR count). The maximum absolute atomic E-state index is 10.5. The molecule has 0 radical (unpaired) electrons. The van der Waals surface area contributed by atoms with Crippen LogP contribution in [0.5, 0.6) is 0 Å². The molecule has 0 saturated heterocycles. The molecule has 1 N–H and O–H groups in total. The molecule has 5 heteroatoms. The Labute approximate surface area is 101 Å². The van der Waals surface area contributed by atoms with Gasteiger partial charge in [0.2, 0.25) is 0 Å². The van der Waals surface area contributed by atoms with Crippen LogP contribution in [0.3, 0.4) is 0 Å². The first-order valence-corrected chi connectivity index (χ1v) is 5.74. The lowest BCUT2D eigenvalue weighted by Crippen LogP contribution is -2.27. The minimum absolute atomic E-state index is 0.109. The van der Waals surface area contributed by atoms with Crippen molar-refractivity contribution in [1.82, 2.24) is 4.90 Å². The summed E-state index contributed by atoms with van der Waals surface area (Å²) in [6.45, 7) is 4.47. The number of aliphatic hydroxyl groups excluding tert-OH is 1. The Morgan fingerprint density at radius 3 is 2.41 bits per heavy atom. The summed E-state index contributed by atoms with van der Waals surface area (Å²) < 4.78 is 0. The Hall–Kier alpha value is -1.46. The van der Waals surface area contributed by atoms with E-state index in [0.717, 1.165) is 18.5 Å². The fourth-order valence-corrected chi connectivity index (χ4v) is 1.71. The van der Waals surface area contributed by atoms with Crippen molar-refractivity contribution >= 4 is 5.69 Å². The molecule has 0 aromatic heterocycles. The molecule has 0 aliphatic heterocycles. The van der Waals surface area contributed by atoms with Crippen LogP contribution in [0.25, 0.3) is 0 Å². The Balaban J connectivity index is 2.62. The van der Waals surface area contributed by atoms with E-state index in [-0.39, 0.29) is 12.3 Å². The van der Waals surface area contributed by atoms with Crippen LogP contribution < -0.4 is 0 Å². The molecule has 0 aliphatic carbocycles. The predicted octanol–water partition coefficient (Wildman–Crippen LogP) is 1.80. The van der Waals surface area contributed by atoms with E-state index in [0.29, 0.717) is 13.1 Å². The van der Waals surface area contributed by atoms with Gasteiger partial charge in [0.05, 0.1) is 11.5 Å². The van der Waals surface area contributed by atoms with Crippen LogP contribution in [0.15, 0.2) is 24.3 Å². The highest BCUT2D eigenvalue weighted by molar-refractivity contribution is 5.32. The van der Waals surface area contributed by atoms with Crippen molar-refractivity contribution in [3.8, 4) is 0 Å². The molecule has 0 fully saturated rings. The second kappa shape index (κ2) is 6.98. The highest BCUT2D eigenvalue weighted by Crippen LogP contribution is 2.13. The zero-order chi connectivity index (χ0) is 12.7. The minimum Gasteiger partial charge on any atom is -0.395 e. The first-order valence-electron chi connectivity index (χ1n) is 5.74. The first kappa shape index (κ1) is 13.6. The van der Waals surface area contributed by atoms with E-state index >= 15 is 0 Å². The average molecular weight is 238 g/mol. The minimum atomic E-state index is -0.401. The SMILES string of the molecule is CCCN(CCO)Cc1ccc([N+](=O)[O-])cc1. The number of hydrogen-bond acceptors (Lipinski definition) is 4. The normalized spacial score (nSPS) is 10.8. The second-order valence-corrected chi connectivity index (χ2v) is 3.92. The monoisotopic (exact) mass is 238 g/mol. The molecule has 0 saturated carbocycles. The molecule has 0 atom stereocenters. The van der Waals surface area contributed by atoms with Gasteiger partial charge in [0, 0.05) is 25.2 Å². The smallest absolute Gasteiger partial charge is 0.269 e. The summed E-state index contributed by atoms with van der Waals surface area (Å²) in [7, 11) is 0. The van der Waals surface area contributed by atoms with Gasteiger partial charge in [0.25, 0.3) is 5.69 Å². The highest BCUT2D eigenvalue weighted by atomic mass is 16.6. The van der Waals surface area contributed by atoms with Crippen molar-refractivity contribution in [3.63, 3.8) is 0 Å². The van der Waals surface area contributed by atoms with E-state index in [1.807, 2.05) is 0 Å². The van der Waals surface area contributed by atoms with Gasteiger partial charge in [-0.25, -0.2) is 0 Å². The van der Waals surface area contributed by atoms with E-state index in [9.17, 15) is 10.1 Å². The van der Waals surface area contributed by atoms with Gasteiger partial charge in [0.15, 0.2) is 0 Å². The van der Waals surface area contributed by atoms with Crippen molar-refractivity contribution in [2.75, 3.05) is 19.7 Å². The van der Waals surface area contributed by atoms with E-state index in [1.165, 1.54) is 12.1 Å². The summed E-state index contributed by atoms with van der Waals surface area (Å²) in [6.07, 6.45) is 1.02. The van der Waals surface area contributed by atoms with Crippen molar-refractivity contribution < 1.29 is 10.0 Å². The Bertz CT molecular complexity index is 345. The molecule has 94 valence electrons. The van der Waals surface area contributed by atoms with Gasteiger partial charge < -0.3 is 5.11 Å². The number of benzene rings is 1. The van der Waals surface area contributed by atoms with E-state index in [2.05, 4.69) is 11.8 Å². The van der Waals surface area contributed by atoms with Gasteiger partial charge >= 0.3 is 0 Å². The zero-order valence-corrected chi connectivity index (χ0v) is 10.0. The molecular weight excluding hydrogens is 220 g/mol. The van der Waals surface area contributed by atoms with Gasteiger partial charge in [-0.05, 0) is 18.5 Å². The zero-order valence-electron chi connectivity index (χ0n) is 10.0. The molecule has 0 aliphatic rings. The highest BCUT2D eigenvalue weighted by Gasteiger charge is 2.07. The Kier molecular flexibility index (Phi) is 5.59. The molecule has 0 heterocycles. The molecule has 0 spiro atoms. The number of aliphatic hydroxyl groups is 1. The van der Waals surface area contributed by atoms with Gasteiger partial charge in [-0.1, -0.05) is 19.1 Å². The van der Waals surface area contributed by atoms with Crippen LogP contribution in [0.2, 0.25) is 0 Å². The number of nitro benzene ring substituents is 1. The van der Waals surface area contributed by atoms with Gasteiger partial charge in [-0.2, -0.15) is 0 Å². The number of non-ortho nitro benzene ring substituents is 1. The molecule has 0 amide bonds. The third-order valence-corrected chi connectivity index (χ3v) is 2.51. The summed E-state index contributed by atoms with van der Waals surface area (Å²) in [5, 5.41) is 19.4. The summed E-state index contributed by atoms with van der Waals surface area (Å²) in [5.41, 5.74) is 1.13. The van der Waals surface area contributed by atoms with Crippen LogP contribution >= 0.6 is 0 Å². The van der Waals surface area contributed by atoms with Crippen molar-refractivity contribution in [2.24, 2.45) is 0 Å². The molecular formula is C12H18N2O3. The number of hydrogen-bond donors (Lipinski definition) is 1. The van der Waals surface area contributed by atoms with E-state index < -0.39 is 4.92 Å². The second-order valence-electron chi connectivity index (χ2n) is 3.92. The number of nitrogens with zero attached hydrogens (tertiary/aromatic N) is 2. The average Bonchev–Trinajstić information content (AvgIpc) is 2.30. The van der Waals surface area contributed by atoms with Crippen LogP contribution in [0, 0.1) is 10.1 Å². The molecule has 5 nitrogen and oxygen atoms in total. The largest absolute Gasteiger partial charge is 0.395 e. The van der Waals surface area contributed by atoms with Crippen LogP contribution in [0.4, 0.5) is 5.69 Å². The summed E-state index contributed by atoms with van der Waals surface area (Å²) in [6, 6.07) is 6.55. The fraction of sp³-hybridized carbons (Fsp3) is 0.500. The standard InChI is InChI=1S/C12H18N2O3/c1-2-7-13(8-9-15)10-11-3-5-12(6-4-11)14(16)17/h3-6,15H,2,7-10H2,1H3. The number of rotatable bonds is 7. The summed E-state index contributed by atoms with van der Waals surface area (Å²) in [4.78, 5) is 12.2. The maximum atomic E-state index is 10.5. The Morgan fingerprint density at radius 2 is 1.94 bits per heavy atom. The summed E-state index contributed by atoms with van der Waals surface area (Å²) in [5.74, 6) is 0. The quantitative estimate of drug-likeness (QED) is 0.581. The molecule has 1 aromatic carbocycles. The van der Waals surface area contributed by atoms with E-state index in [4.69, 9.17) is 5.11 Å². The maximum Gasteiger partial charge on any atom is 0.269 e. The third-order valence-electron chi connectivity index (χ3n) is 2.51. The van der Waals surface area contributed by atoms with Gasteiger partial charge in [-0.3, -0.25) is 15.0 Å². The molecule has 0 unspecified atom stereocenters. The molecule has 17 heavy (non-hydrogen) atoms. The van der Waals surface area contributed by atoms with Crippen LogP contribution in [0.1, 0.15) is 18.9 Å². The molecule has 1 aromatic rings. The van der Waals surface area contributed by atoms with Crippen molar-refractivity contribution in [1.29, 1.82) is 0 Å². The van der Waals surface area contributed by atoms with Crippen molar-refractivity contribution in [2.45, 2.75) is 19.9 Å². The Morgan fingerprint density at radius 1 is 1.29 bits per heavy atom. The summed E-state index contributed by atoms with van der Waals surface area (Å²) >= 11 is 0. The van der Waals surface area contributed by atoms with Crippen molar-refractivity contribution in [3.05, 3.63) is 39.9 Å². The number of nitro groups is 1. The van der Waals surface area contributed by atoms with Crippen LogP contribution in [-0.2, 0) is 6.54 Å². The lowest BCUT2D eigenvalue weighted by molar-refractivity contribution is -0.384. The lowest BCUT2D eigenvalue weighted by Gasteiger charge is -2.20. The van der Waals surface area contributed by atoms with Gasteiger partial charge in [0.1, 0.15) is 0 Å². The molecule has 0 bridgehead atoms. The topological polar surface area (TPSA) is 66.6 Å². The third kappa shape index (κ3) is 4.50. The van der Waals surface area contributed by atoms with Crippen LogP contribution in [-0.4, -0.2) is 34.6 Å². The van der Waals surface area contributed by atoms with E-state index in [1.54, 1.807) is 12.1 Å².